The maximum absolute atomic E-state index is 2.33. The molecule has 0 saturated carbocycles. The lowest BCUT2D eigenvalue weighted by molar-refractivity contribution is 0.984. The van der Waals surface area contributed by atoms with E-state index in [-0.39, 0.29) is 0 Å². The van der Waals surface area contributed by atoms with Crippen molar-refractivity contribution < 1.29 is 0 Å². The van der Waals surface area contributed by atoms with Crippen molar-refractivity contribution in [3.05, 3.63) is 53.0 Å². The highest BCUT2D eigenvalue weighted by Crippen LogP contribution is 2.28. The first-order chi connectivity index (χ1) is 6.43. The number of rotatable bonds is 0. The Morgan fingerprint density at radius 3 is 2.92 bits per heavy atom. The number of allylic oxidation sites excluding steroid dienone is 2. The van der Waals surface area contributed by atoms with Gasteiger partial charge >= 0.3 is 0 Å². The number of hydrogen-bond donors (Lipinski definition) is 0. The van der Waals surface area contributed by atoms with Gasteiger partial charge in [-0.25, -0.2) is 0 Å². The lowest BCUT2D eigenvalue weighted by Gasteiger charge is -2.12. The Balaban J connectivity index is 2.21. The highest BCUT2D eigenvalue weighted by Gasteiger charge is 2.10. The van der Waals surface area contributed by atoms with E-state index in [1.807, 2.05) is 0 Å². The summed E-state index contributed by atoms with van der Waals surface area (Å²) in [4.78, 5) is 0. The summed E-state index contributed by atoms with van der Waals surface area (Å²) < 4.78 is 0. The summed E-state index contributed by atoms with van der Waals surface area (Å²) in [6.45, 7) is 0. The van der Waals surface area contributed by atoms with E-state index in [4.69, 9.17) is 0 Å². The molecule has 0 saturated heterocycles. The molecule has 0 heteroatoms. The standard InChI is InChI=1S/C13H11/c1-2-5-11-9-13-7-3-6-12(13)8-10(11)4-1/h1,3-4,6-9H,2,5H2. The van der Waals surface area contributed by atoms with Crippen LogP contribution in [-0.4, -0.2) is 0 Å². The van der Waals surface area contributed by atoms with Gasteiger partial charge in [0.25, 0.3) is 0 Å². The molecule has 2 aliphatic carbocycles. The van der Waals surface area contributed by atoms with Gasteiger partial charge in [-0.3, -0.25) is 0 Å². The predicted molar refractivity (Wildman–Crippen MR) is 56.2 cm³/mol. The highest BCUT2D eigenvalue weighted by atomic mass is 14.2. The van der Waals surface area contributed by atoms with E-state index in [1.54, 1.807) is 0 Å². The van der Waals surface area contributed by atoms with Crippen LogP contribution in [0.15, 0.2) is 24.3 Å². The van der Waals surface area contributed by atoms with Crippen molar-refractivity contribution in [2.45, 2.75) is 12.8 Å². The summed E-state index contributed by atoms with van der Waals surface area (Å²) in [5.41, 5.74) is 5.66. The lowest BCUT2D eigenvalue weighted by Crippen LogP contribution is -1.96. The van der Waals surface area contributed by atoms with Gasteiger partial charge in [-0.05, 0) is 35.1 Å². The number of aryl methyl sites for hydroxylation is 1. The summed E-state index contributed by atoms with van der Waals surface area (Å²) in [6, 6.07) is 4.62. The Bertz CT molecular complexity index is 408. The van der Waals surface area contributed by atoms with Crippen LogP contribution in [0.25, 0.3) is 12.2 Å². The second kappa shape index (κ2) is 2.59. The molecular formula is C13H11. The van der Waals surface area contributed by atoms with E-state index >= 15 is 0 Å². The molecule has 0 heterocycles. The molecule has 0 bridgehead atoms. The molecule has 0 aliphatic heterocycles. The van der Waals surface area contributed by atoms with Crippen molar-refractivity contribution in [3.63, 3.8) is 0 Å². The maximum Gasteiger partial charge on any atom is 0.0131 e. The smallest absolute Gasteiger partial charge is 0.0131 e. The minimum absolute atomic E-state index is 1.19. The molecular weight excluding hydrogens is 156 g/mol. The van der Waals surface area contributed by atoms with E-state index in [1.165, 1.54) is 35.1 Å². The van der Waals surface area contributed by atoms with Gasteiger partial charge in [-0.2, -0.15) is 0 Å². The molecule has 0 nitrogen and oxygen atoms in total. The SMILES string of the molecule is [CH]1C=Cc2cc3c(cc21)C=CCC3. The van der Waals surface area contributed by atoms with Gasteiger partial charge in [-0.15, -0.1) is 0 Å². The molecule has 1 radical (unpaired) electrons. The molecule has 0 N–H and O–H groups in total. The second-order valence-electron chi connectivity index (χ2n) is 3.65. The number of benzene rings is 1. The van der Waals surface area contributed by atoms with E-state index in [0.717, 1.165) is 0 Å². The first kappa shape index (κ1) is 7.14. The fourth-order valence-corrected chi connectivity index (χ4v) is 2.06. The molecule has 0 spiro atoms. The minimum atomic E-state index is 1.19. The monoisotopic (exact) mass is 167 g/mol. The van der Waals surface area contributed by atoms with E-state index in [2.05, 4.69) is 42.9 Å². The van der Waals surface area contributed by atoms with Crippen LogP contribution in [0.3, 0.4) is 0 Å². The third-order valence-electron chi connectivity index (χ3n) is 2.77. The van der Waals surface area contributed by atoms with E-state index < -0.39 is 0 Å². The first-order valence-electron chi connectivity index (χ1n) is 4.78. The van der Waals surface area contributed by atoms with Gasteiger partial charge in [0.1, 0.15) is 0 Å². The largest absolute Gasteiger partial charge is 0.0836 e. The van der Waals surface area contributed by atoms with Crippen LogP contribution >= 0.6 is 0 Å². The fourth-order valence-electron chi connectivity index (χ4n) is 2.06. The lowest BCUT2D eigenvalue weighted by atomic mass is 9.93. The van der Waals surface area contributed by atoms with Crippen molar-refractivity contribution >= 4 is 12.2 Å². The number of fused-ring (bicyclic) bond motifs is 2. The quantitative estimate of drug-likeness (QED) is 0.556. The van der Waals surface area contributed by atoms with Crippen LogP contribution in [0.5, 0.6) is 0 Å². The van der Waals surface area contributed by atoms with Crippen LogP contribution in [0.4, 0.5) is 0 Å². The van der Waals surface area contributed by atoms with Crippen LogP contribution in [-0.2, 0) is 6.42 Å². The van der Waals surface area contributed by atoms with Crippen LogP contribution in [0.2, 0.25) is 0 Å². The Morgan fingerprint density at radius 1 is 0.923 bits per heavy atom. The Hall–Kier alpha value is -1.30. The third kappa shape index (κ3) is 1.06. The van der Waals surface area contributed by atoms with Crippen LogP contribution in [0.1, 0.15) is 28.7 Å². The maximum atomic E-state index is 2.33. The van der Waals surface area contributed by atoms with Gasteiger partial charge < -0.3 is 0 Å². The number of hydrogen-bond acceptors (Lipinski definition) is 0. The zero-order chi connectivity index (χ0) is 8.67. The van der Waals surface area contributed by atoms with Crippen molar-refractivity contribution in [1.29, 1.82) is 0 Å². The normalized spacial score (nSPS) is 17.2. The topological polar surface area (TPSA) is 0 Å². The van der Waals surface area contributed by atoms with Gasteiger partial charge in [0.2, 0.25) is 0 Å². The first-order valence-corrected chi connectivity index (χ1v) is 4.78. The third-order valence-corrected chi connectivity index (χ3v) is 2.77. The second-order valence-corrected chi connectivity index (χ2v) is 3.65. The van der Waals surface area contributed by atoms with Crippen LogP contribution < -0.4 is 0 Å². The minimum Gasteiger partial charge on any atom is -0.0836 e. The highest BCUT2D eigenvalue weighted by molar-refractivity contribution is 5.70. The Morgan fingerprint density at radius 2 is 1.92 bits per heavy atom. The van der Waals surface area contributed by atoms with Crippen molar-refractivity contribution in [2.24, 2.45) is 0 Å². The zero-order valence-electron chi connectivity index (χ0n) is 7.46. The van der Waals surface area contributed by atoms with E-state index in [0.29, 0.717) is 0 Å². The van der Waals surface area contributed by atoms with Gasteiger partial charge in [0, 0.05) is 6.42 Å². The molecule has 0 amide bonds. The fraction of sp³-hybridized carbons (Fsp3) is 0.154. The van der Waals surface area contributed by atoms with Gasteiger partial charge in [-0.1, -0.05) is 36.4 Å². The molecule has 1 aromatic carbocycles. The average Bonchev–Trinajstić information content (AvgIpc) is 2.61. The Labute approximate surface area is 78.6 Å². The molecule has 13 heavy (non-hydrogen) atoms. The summed E-state index contributed by atoms with van der Waals surface area (Å²) in [6.07, 6.45) is 13.4. The molecule has 3 rings (SSSR count). The molecule has 0 aromatic heterocycles. The molecule has 1 aromatic rings. The van der Waals surface area contributed by atoms with Crippen molar-refractivity contribution in [1.82, 2.24) is 0 Å². The van der Waals surface area contributed by atoms with Crippen molar-refractivity contribution in [2.75, 3.05) is 0 Å². The summed E-state index contributed by atoms with van der Waals surface area (Å²) in [5, 5.41) is 0. The molecule has 0 fully saturated rings. The molecule has 2 aliphatic rings. The van der Waals surface area contributed by atoms with Gasteiger partial charge in [0.05, 0.1) is 0 Å². The van der Waals surface area contributed by atoms with Crippen LogP contribution in [0, 0.1) is 6.42 Å². The summed E-state index contributed by atoms with van der Waals surface area (Å²) in [5.74, 6) is 0. The average molecular weight is 167 g/mol. The molecule has 0 unspecified atom stereocenters. The molecule has 0 atom stereocenters. The van der Waals surface area contributed by atoms with E-state index in [9.17, 15) is 0 Å². The predicted octanol–water partition coefficient (Wildman–Crippen LogP) is 3.23. The van der Waals surface area contributed by atoms with Gasteiger partial charge in [0.15, 0.2) is 0 Å². The summed E-state index contributed by atoms with van der Waals surface area (Å²) in [7, 11) is 0. The zero-order valence-corrected chi connectivity index (χ0v) is 7.46. The molecule has 63 valence electrons. The van der Waals surface area contributed by atoms with Crippen molar-refractivity contribution in [3.8, 4) is 0 Å². The summed E-state index contributed by atoms with van der Waals surface area (Å²) >= 11 is 0. The Kier molecular flexibility index (Phi) is 1.42.